The normalized spacial score (nSPS) is 10.7. The van der Waals surface area contributed by atoms with Crippen LogP contribution < -0.4 is 0 Å². The fraction of sp³-hybridized carbons (Fsp3) is 0.150. The molecule has 23 heavy (non-hydrogen) atoms. The molecule has 0 radical (unpaired) electrons. The maximum absolute atomic E-state index is 13.0. The molecule has 1 aromatic heterocycles. The zero-order chi connectivity index (χ0) is 16.4. The minimum atomic E-state index is -0.256. The Morgan fingerprint density at radius 1 is 1.04 bits per heavy atom. The lowest BCUT2D eigenvalue weighted by molar-refractivity contribution is 0.104. The minimum Gasteiger partial charge on any atom is -0.288 e. The molecule has 3 heteroatoms. The summed E-state index contributed by atoms with van der Waals surface area (Å²) in [6.07, 6.45) is 0.909. The van der Waals surface area contributed by atoms with Crippen molar-refractivity contribution < 1.29 is 9.18 Å². The van der Waals surface area contributed by atoms with E-state index in [1.54, 1.807) is 12.1 Å². The summed E-state index contributed by atoms with van der Waals surface area (Å²) < 4.78 is 13.0. The van der Waals surface area contributed by atoms with E-state index in [1.165, 1.54) is 23.5 Å². The van der Waals surface area contributed by atoms with Crippen LogP contribution in [0, 0.1) is 12.7 Å². The highest BCUT2D eigenvalue weighted by Gasteiger charge is 2.15. The Labute approximate surface area is 139 Å². The molecule has 2 aromatic carbocycles. The van der Waals surface area contributed by atoms with E-state index in [4.69, 9.17) is 0 Å². The summed E-state index contributed by atoms with van der Waals surface area (Å²) in [4.78, 5) is 14.5. The van der Waals surface area contributed by atoms with Crippen LogP contribution >= 0.6 is 11.3 Å². The molecule has 3 aromatic rings. The van der Waals surface area contributed by atoms with E-state index >= 15 is 0 Å². The van der Waals surface area contributed by atoms with Gasteiger partial charge in [-0.05, 0) is 60.4 Å². The fourth-order valence-corrected chi connectivity index (χ4v) is 3.46. The molecule has 0 bridgehead atoms. The summed E-state index contributed by atoms with van der Waals surface area (Å²) in [6, 6.07) is 16.2. The van der Waals surface area contributed by atoms with Crippen molar-refractivity contribution in [2.75, 3.05) is 0 Å². The van der Waals surface area contributed by atoms with Gasteiger partial charge >= 0.3 is 0 Å². The van der Waals surface area contributed by atoms with Crippen molar-refractivity contribution in [2.45, 2.75) is 20.3 Å². The Bertz CT molecular complexity index is 846. The van der Waals surface area contributed by atoms with Gasteiger partial charge in [-0.3, -0.25) is 4.79 Å². The third-order valence-electron chi connectivity index (χ3n) is 3.91. The average Bonchev–Trinajstić information content (AvgIpc) is 3.05. The Hall–Kier alpha value is -2.26. The van der Waals surface area contributed by atoms with Crippen LogP contribution in [0.5, 0.6) is 0 Å². The molecule has 3 rings (SSSR count). The lowest BCUT2D eigenvalue weighted by Gasteiger charge is -2.06. The first-order valence-electron chi connectivity index (χ1n) is 7.58. The Morgan fingerprint density at radius 2 is 1.78 bits per heavy atom. The van der Waals surface area contributed by atoms with Gasteiger partial charge in [-0.1, -0.05) is 31.2 Å². The zero-order valence-corrected chi connectivity index (χ0v) is 13.9. The summed E-state index contributed by atoms with van der Waals surface area (Å²) in [6.45, 7) is 4.04. The average molecular weight is 324 g/mol. The molecule has 0 aliphatic carbocycles. The van der Waals surface area contributed by atoms with E-state index in [0.717, 1.165) is 33.6 Å². The van der Waals surface area contributed by atoms with Crippen molar-refractivity contribution in [2.24, 2.45) is 0 Å². The number of rotatable bonds is 4. The highest BCUT2D eigenvalue weighted by atomic mass is 32.1. The van der Waals surface area contributed by atoms with E-state index in [-0.39, 0.29) is 11.6 Å². The minimum absolute atomic E-state index is 0.0520. The maximum atomic E-state index is 13.0. The van der Waals surface area contributed by atoms with Crippen molar-refractivity contribution in [3.63, 3.8) is 0 Å². The maximum Gasteiger partial charge on any atom is 0.203 e. The van der Waals surface area contributed by atoms with Gasteiger partial charge in [0.05, 0.1) is 4.88 Å². The second kappa shape index (κ2) is 6.47. The number of benzene rings is 2. The number of carbonyl (C=O) groups excluding carboxylic acids is 1. The van der Waals surface area contributed by atoms with Gasteiger partial charge in [0.1, 0.15) is 5.82 Å². The quantitative estimate of drug-likeness (QED) is 0.566. The van der Waals surface area contributed by atoms with Crippen molar-refractivity contribution in [3.8, 4) is 10.4 Å². The van der Waals surface area contributed by atoms with Crippen molar-refractivity contribution in [1.29, 1.82) is 0 Å². The highest BCUT2D eigenvalue weighted by Crippen LogP contribution is 2.30. The molecule has 116 valence electrons. The van der Waals surface area contributed by atoms with Gasteiger partial charge < -0.3 is 0 Å². The molecule has 0 fully saturated rings. The number of aryl methyl sites for hydroxylation is 2. The van der Waals surface area contributed by atoms with Crippen LogP contribution in [0.15, 0.2) is 54.6 Å². The standard InChI is InChI=1S/C20H17FOS/c1-3-14-5-4-13(2)17(12-14)20(22)19-11-10-18(23-19)15-6-8-16(21)9-7-15/h4-12H,3H2,1-2H3. The first-order valence-corrected chi connectivity index (χ1v) is 8.40. The predicted molar refractivity (Wildman–Crippen MR) is 93.7 cm³/mol. The van der Waals surface area contributed by atoms with Crippen LogP contribution in [0.25, 0.3) is 10.4 Å². The van der Waals surface area contributed by atoms with Crippen LogP contribution in [-0.4, -0.2) is 5.78 Å². The van der Waals surface area contributed by atoms with E-state index in [9.17, 15) is 9.18 Å². The van der Waals surface area contributed by atoms with Crippen LogP contribution in [-0.2, 0) is 6.42 Å². The molecular weight excluding hydrogens is 307 g/mol. The monoisotopic (exact) mass is 324 g/mol. The number of hydrogen-bond donors (Lipinski definition) is 0. The Kier molecular flexibility index (Phi) is 4.39. The number of ketones is 1. The van der Waals surface area contributed by atoms with Gasteiger partial charge in [0.2, 0.25) is 5.78 Å². The van der Waals surface area contributed by atoms with Crippen molar-refractivity contribution in [3.05, 3.63) is 82.0 Å². The third-order valence-corrected chi connectivity index (χ3v) is 5.05. The number of hydrogen-bond acceptors (Lipinski definition) is 2. The summed E-state index contributed by atoms with van der Waals surface area (Å²) in [5.74, 6) is -0.204. The van der Waals surface area contributed by atoms with Gasteiger partial charge in [0, 0.05) is 10.4 Å². The summed E-state index contributed by atoms with van der Waals surface area (Å²) in [5.41, 5.74) is 3.84. The second-order valence-electron chi connectivity index (χ2n) is 5.50. The van der Waals surface area contributed by atoms with Crippen LogP contribution in [0.3, 0.4) is 0 Å². The molecule has 0 atom stereocenters. The highest BCUT2D eigenvalue weighted by molar-refractivity contribution is 7.17. The zero-order valence-electron chi connectivity index (χ0n) is 13.1. The first kappa shape index (κ1) is 15.6. The Morgan fingerprint density at radius 3 is 2.48 bits per heavy atom. The first-order chi connectivity index (χ1) is 11.1. The van der Waals surface area contributed by atoms with E-state index in [0.29, 0.717) is 4.88 Å². The van der Waals surface area contributed by atoms with Gasteiger partial charge in [-0.25, -0.2) is 4.39 Å². The van der Waals surface area contributed by atoms with Gasteiger partial charge in [0.15, 0.2) is 0 Å². The van der Waals surface area contributed by atoms with Gasteiger partial charge in [0.25, 0.3) is 0 Å². The molecule has 1 heterocycles. The predicted octanol–water partition coefficient (Wildman–Crippen LogP) is 5.66. The van der Waals surface area contributed by atoms with E-state index in [2.05, 4.69) is 13.0 Å². The molecule has 0 saturated carbocycles. The second-order valence-corrected chi connectivity index (χ2v) is 6.59. The van der Waals surface area contributed by atoms with Crippen LogP contribution in [0.1, 0.15) is 33.3 Å². The molecule has 0 saturated heterocycles. The van der Waals surface area contributed by atoms with Gasteiger partial charge in [-0.2, -0.15) is 0 Å². The van der Waals surface area contributed by atoms with E-state index in [1.807, 2.05) is 31.2 Å². The van der Waals surface area contributed by atoms with Crippen LogP contribution in [0.4, 0.5) is 4.39 Å². The number of halogens is 1. The van der Waals surface area contributed by atoms with Gasteiger partial charge in [-0.15, -0.1) is 11.3 Å². The lowest BCUT2D eigenvalue weighted by atomic mass is 9.99. The summed E-state index contributed by atoms with van der Waals surface area (Å²) in [5, 5.41) is 0. The SMILES string of the molecule is CCc1ccc(C)c(C(=O)c2ccc(-c3ccc(F)cc3)s2)c1. The molecular formula is C20H17FOS. The third kappa shape index (κ3) is 3.25. The number of thiophene rings is 1. The largest absolute Gasteiger partial charge is 0.288 e. The van der Waals surface area contributed by atoms with Crippen LogP contribution in [0.2, 0.25) is 0 Å². The smallest absolute Gasteiger partial charge is 0.203 e. The fourth-order valence-electron chi connectivity index (χ4n) is 2.50. The molecule has 1 nitrogen and oxygen atoms in total. The topological polar surface area (TPSA) is 17.1 Å². The van der Waals surface area contributed by atoms with Crippen molar-refractivity contribution >= 4 is 17.1 Å². The van der Waals surface area contributed by atoms with Crippen molar-refractivity contribution in [1.82, 2.24) is 0 Å². The Balaban J connectivity index is 1.94. The molecule has 0 unspecified atom stereocenters. The van der Waals surface area contributed by atoms with E-state index < -0.39 is 0 Å². The lowest BCUT2D eigenvalue weighted by Crippen LogP contribution is -2.02. The summed E-state index contributed by atoms with van der Waals surface area (Å²) in [7, 11) is 0. The molecule has 0 aliphatic heterocycles. The molecule has 0 N–H and O–H groups in total. The molecule has 0 amide bonds. The molecule has 0 spiro atoms. The molecule has 0 aliphatic rings. The summed E-state index contributed by atoms with van der Waals surface area (Å²) >= 11 is 1.44. The number of carbonyl (C=O) groups is 1.